The second kappa shape index (κ2) is 10.9. The minimum atomic E-state index is -0.786. The van der Waals surface area contributed by atoms with E-state index >= 15 is 0 Å². The molecule has 0 aliphatic heterocycles. The number of hydrogen-bond acceptors (Lipinski definition) is 3. The number of carbonyl (C=O) groups is 1. The molecule has 4 heteroatoms. The average molecular weight is 252 g/mol. The molecule has 3 nitrogen and oxygen atoms in total. The molecule has 1 heterocycles. The Hall–Kier alpha value is -1.65. The van der Waals surface area contributed by atoms with Crippen LogP contribution < -0.4 is 0 Å². The van der Waals surface area contributed by atoms with Crippen LogP contribution in [0.15, 0.2) is 53.2 Å². The van der Waals surface area contributed by atoms with E-state index in [9.17, 15) is 4.79 Å². The van der Waals surface area contributed by atoms with Gasteiger partial charge in [-0.15, -0.1) is 0 Å². The van der Waals surface area contributed by atoms with E-state index in [1.54, 1.807) is 23.5 Å². The third kappa shape index (κ3) is 9.29. The number of thiophene rings is 1. The standard InChI is InChI=1S/C8H8O2.C4H4S.CH4O/c9-8(10)6-7-4-2-1-3-5-7;1-2-4-5-3-1;1-2/h1-5H,6H2,(H,9,10);1-4H;2H,1H3. The van der Waals surface area contributed by atoms with Crippen molar-refractivity contribution in [3.63, 3.8) is 0 Å². The Labute approximate surface area is 105 Å². The summed E-state index contributed by atoms with van der Waals surface area (Å²) >= 11 is 1.71. The number of aliphatic hydroxyl groups is 1. The van der Waals surface area contributed by atoms with Crippen molar-refractivity contribution < 1.29 is 15.0 Å². The van der Waals surface area contributed by atoms with Crippen LogP contribution in [0.4, 0.5) is 0 Å². The molecule has 2 aromatic rings. The van der Waals surface area contributed by atoms with Crippen LogP contribution in [0.3, 0.4) is 0 Å². The first-order valence-electron chi connectivity index (χ1n) is 4.96. The molecule has 0 unspecified atom stereocenters. The maximum absolute atomic E-state index is 10.2. The topological polar surface area (TPSA) is 57.5 Å². The van der Waals surface area contributed by atoms with Crippen molar-refractivity contribution in [2.45, 2.75) is 6.42 Å². The summed E-state index contributed by atoms with van der Waals surface area (Å²) in [6.45, 7) is 0. The van der Waals surface area contributed by atoms with Crippen LogP contribution in [-0.2, 0) is 11.2 Å². The Morgan fingerprint density at radius 2 is 1.59 bits per heavy atom. The van der Waals surface area contributed by atoms with Gasteiger partial charge >= 0.3 is 5.97 Å². The predicted molar refractivity (Wildman–Crippen MR) is 70.2 cm³/mol. The minimum absolute atomic E-state index is 0.112. The van der Waals surface area contributed by atoms with E-state index in [0.717, 1.165) is 12.7 Å². The second-order valence-corrected chi connectivity index (χ2v) is 3.67. The smallest absolute Gasteiger partial charge is 0.307 e. The summed E-state index contributed by atoms with van der Waals surface area (Å²) in [6.07, 6.45) is 0.112. The zero-order valence-electron chi connectivity index (χ0n) is 9.61. The van der Waals surface area contributed by atoms with Gasteiger partial charge in [-0.05, 0) is 16.3 Å². The summed E-state index contributed by atoms with van der Waals surface area (Å²) < 4.78 is 0. The fourth-order valence-corrected chi connectivity index (χ4v) is 1.45. The van der Waals surface area contributed by atoms with E-state index in [1.165, 1.54) is 0 Å². The van der Waals surface area contributed by atoms with Crippen LogP contribution >= 0.6 is 11.3 Å². The molecule has 92 valence electrons. The molecular formula is C13H16O3S. The van der Waals surface area contributed by atoms with Crippen LogP contribution in [0.25, 0.3) is 0 Å². The molecule has 0 aliphatic rings. The molecule has 0 saturated heterocycles. The lowest BCUT2D eigenvalue weighted by molar-refractivity contribution is -0.136. The molecule has 0 spiro atoms. The van der Waals surface area contributed by atoms with Gasteiger partial charge in [0, 0.05) is 7.11 Å². The maximum atomic E-state index is 10.2. The quantitative estimate of drug-likeness (QED) is 0.864. The molecular weight excluding hydrogens is 236 g/mol. The lowest BCUT2D eigenvalue weighted by Crippen LogP contribution is -1.98. The largest absolute Gasteiger partial charge is 0.481 e. The zero-order valence-corrected chi connectivity index (χ0v) is 10.4. The fraction of sp³-hybridized carbons (Fsp3) is 0.154. The first kappa shape index (κ1) is 15.3. The van der Waals surface area contributed by atoms with E-state index in [2.05, 4.69) is 0 Å². The molecule has 0 fully saturated rings. The molecule has 0 bridgehead atoms. The van der Waals surface area contributed by atoms with Crippen molar-refractivity contribution >= 4 is 17.3 Å². The average Bonchev–Trinajstić information content (AvgIpc) is 2.91. The number of carboxylic acid groups (broad SMARTS) is 1. The van der Waals surface area contributed by atoms with E-state index in [0.29, 0.717) is 0 Å². The van der Waals surface area contributed by atoms with Gasteiger partial charge in [0.25, 0.3) is 0 Å². The summed E-state index contributed by atoms with van der Waals surface area (Å²) in [6, 6.07) is 13.2. The van der Waals surface area contributed by atoms with E-state index < -0.39 is 5.97 Å². The highest BCUT2D eigenvalue weighted by atomic mass is 32.1. The summed E-state index contributed by atoms with van der Waals surface area (Å²) in [7, 11) is 1.00. The summed E-state index contributed by atoms with van der Waals surface area (Å²) in [5.41, 5.74) is 0.843. The SMILES string of the molecule is CO.O=C(O)Cc1ccccc1.c1ccsc1. The Kier molecular flexibility index (Phi) is 9.80. The van der Waals surface area contributed by atoms with E-state index in [4.69, 9.17) is 10.2 Å². The van der Waals surface area contributed by atoms with Gasteiger partial charge in [0.05, 0.1) is 6.42 Å². The molecule has 0 atom stereocenters. The van der Waals surface area contributed by atoms with Crippen LogP contribution in [0, 0.1) is 0 Å². The van der Waals surface area contributed by atoms with Crippen molar-refractivity contribution in [2.75, 3.05) is 7.11 Å². The van der Waals surface area contributed by atoms with Crippen LogP contribution in [-0.4, -0.2) is 23.3 Å². The van der Waals surface area contributed by atoms with Crippen molar-refractivity contribution in [3.05, 3.63) is 58.8 Å². The monoisotopic (exact) mass is 252 g/mol. The third-order valence-electron chi connectivity index (χ3n) is 1.62. The normalized spacial score (nSPS) is 8.12. The number of benzene rings is 1. The van der Waals surface area contributed by atoms with Gasteiger partial charge in [-0.2, -0.15) is 11.3 Å². The van der Waals surface area contributed by atoms with Crippen molar-refractivity contribution in [1.29, 1.82) is 0 Å². The Bertz CT molecular complexity index is 354. The lowest BCUT2D eigenvalue weighted by Gasteiger charge is -1.92. The first-order valence-corrected chi connectivity index (χ1v) is 5.91. The molecule has 1 aromatic heterocycles. The lowest BCUT2D eigenvalue weighted by atomic mass is 10.2. The molecule has 0 saturated carbocycles. The highest BCUT2D eigenvalue weighted by molar-refractivity contribution is 7.07. The molecule has 0 radical (unpaired) electrons. The minimum Gasteiger partial charge on any atom is -0.481 e. The number of carboxylic acids is 1. The van der Waals surface area contributed by atoms with Gasteiger partial charge in [0.1, 0.15) is 0 Å². The third-order valence-corrected chi connectivity index (χ3v) is 2.25. The summed E-state index contributed by atoms with van der Waals surface area (Å²) in [4.78, 5) is 10.2. The van der Waals surface area contributed by atoms with Crippen molar-refractivity contribution in [2.24, 2.45) is 0 Å². The molecule has 0 aliphatic carbocycles. The highest BCUT2D eigenvalue weighted by Crippen LogP contribution is 1.98. The second-order valence-electron chi connectivity index (χ2n) is 2.85. The van der Waals surface area contributed by atoms with E-state index in [-0.39, 0.29) is 6.42 Å². The molecule has 2 N–H and O–H groups in total. The Morgan fingerprint density at radius 1 is 1.06 bits per heavy atom. The number of aliphatic hydroxyl groups excluding tert-OH is 1. The zero-order chi connectivity index (χ0) is 12.9. The van der Waals surface area contributed by atoms with Crippen LogP contribution in [0.5, 0.6) is 0 Å². The Balaban J connectivity index is 0.000000306. The fourth-order valence-electron chi connectivity index (χ4n) is 0.997. The maximum Gasteiger partial charge on any atom is 0.307 e. The van der Waals surface area contributed by atoms with Crippen LogP contribution in [0.2, 0.25) is 0 Å². The van der Waals surface area contributed by atoms with Crippen molar-refractivity contribution in [1.82, 2.24) is 0 Å². The number of aliphatic carboxylic acids is 1. The predicted octanol–water partition coefficient (Wildman–Crippen LogP) is 2.67. The van der Waals surface area contributed by atoms with Gasteiger partial charge in [0.2, 0.25) is 0 Å². The molecule has 1 aromatic carbocycles. The van der Waals surface area contributed by atoms with Crippen LogP contribution in [0.1, 0.15) is 5.56 Å². The highest BCUT2D eigenvalue weighted by Gasteiger charge is 1.96. The molecule has 0 amide bonds. The first-order chi connectivity index (χ1) is 8.29. The van der Waals surface area contributed by atoms with E-state index in [1.807, 2.05) is 41.1 Å². The summed E-state index contributed by atoms with van der Waals surface area (Å²) in [5, 5.41) is 19.5. The van der Waals surface area contributed by atoms with Gasteiger partial charge in [-0.3, -0.25) is 4.79 Å². The number of hydrogen-bond donors (Lipinski definition) is 2. The summed E-state index contributed by atoms with van der Waals surface area (Å²) in [5.74, 6) is -0.786. The Morgan fingerprint density at radius 3 is 1.94 bits per heavy atom. The molecule has 2 rings (SSSR count). The van der Waals surface area contributed by atoms with Gasteiger partial charge in [-0.25, -0.2) is 0 Å². The van der Waals surface area contributed by atoms with Gasteiger partial charge < -0.3 is 10.2 Å². The van der Waals surface area contributed by atoms with Gasteiger partial charge in [-0.1, -0.05) is 42.5 Å². The van der Waals surface area contributed by atoms with Crippen molar-refractivity contribution in [3.8, 4) is 0 Å². The molecule has 17 heavy (non-hydrogen) atoms. The van der Waals surface area contributed by atoms with Gasteiger partial charge in [0.15, 0.2) is 0 Å². The number of rotatable bonds is 2.